The van der Waals surface area contributed by atoms with Gasteiger partial charge in [-0.2, -0.15) is 23.1 Å². The van der Waals surface area contributed by atoms with Gasteiger partial charge in [-0.15, -0.1) is 0 Å². The number of methoxy groups -OCH3 is 2. The third kappa shape index (κ3) is 5.34. The molecule has 9 heteroatoms. The van der Waals surface area contributed by atoms with Crippen LogP contribution in [0.1, 0.15) is 19.4 Å². The zero-order valence-electron chi connectivity index (χ0n) is 16.3. The summed E-state index contributed by atoms with van der Waals surface area (Å²) in [7, 11) is 2.72. The lowest BCUT2D eigenvalue weighted by Gasteiger charge is -2.14. The predicted octanol–water partition coefficient (Wildman–Crippen LogP) is 5.39. The third-order valence-electron chi connectivity index (χ3n) is 3.47. The second-order valence-electron chi connectivity index (χ2n) is 5.24. The Morgan fingerprint density at radius 3 is 2.17 bits per heavy atom. The van der Waals surface area contributed by atoms with E-state index >= 15 is 0 Å². The van der Waals surface area contributed by atoms with Crippen molar-refractivity contribution in [2.24, 2.45) is 0 Å². The molecule has 0 aliphatic carbocycles. The average molecular weight is 407 g/mol. The number of pyridine rings is 1. The maximum atomic E-state index is 12.9. The topological polar surface area (TPSA) is 66.4 Å². The Morgan fingerprint density at radius 2 is 1.59 bits per heavy atom. The highest BCUT2D eigenvalue weighted by Crippen LogP contribution is 2.39. The van der Waals surface area contributed by atoms with Gasteiger partial charge in [-0.25, -0.2) is 0 Å². The third-order valence-corrected chi connectivity index (χ3v) is 3.47. The van der Waals surface area contributed by atoms with Crippen LogP contribution >= 0.6 is 0 Å². The molecule has 0 aliphatic rings. The fourth-order valence-corrected chi connectivity index (χ4v) is 2.25. The maximum Gasteiger partial charge on any atom is 0.416 e. The van der Waals surface area contributed by atoms with Crippen LogP contribution in [-0.4, -0.2) is 29.2 Å². The van der Waals surface area contributed by atoms with Crippen molar-refractivity contribution in [3.8, 4) is 34.8 Å². The number of aromatic nitrogens is 3. The van der Waals surface area contributed by atoms with E-state index in [0.717, 1.165) is 12.1 Å². The summed E-state index contributed by atoms with van der Waals surface area (Å²) in [6.07, 6.45) is -2.94. The predicted molar refractivity (Wildman–Crippen MR) is 101 cm³/mol. The van der Waals surface area contributed by atoms with Crippen LogP contribution in [0.4, 0.5) is 13.2 Å². The molecule has 29 heavy (non-hydrogen) atoms. The molecular weight excluding hydrogens is 387 g/mol. The second-order valence-corrected chi connectivity index (χ2v) is 5.24. The quantitative estimate of drug-likeness (QED) is 0.565. The lowest BCUT2D eigenvalue weighted by molar-refractivity contribution is -0.137. The molecule has 0 unspecified atom stereocenters. The molecule has 0 saturated heterocycles. The van der Waals surface area contributed by atoms with Gasteiger partial charge in [-0.1, -0.05) is 26.0 Å². The van der Waals surface area contributed by atoms with Gasteiger partial charge in [0.25, 0.3) is 11.8 Å². The van der Waals surface area contributed by atoms with Crippen LogP contribution in [-0.2, 0) is 6.18 Å². The van der Waals surface area contributed by atoms with Crippen molar-refractivity contribution in [3.05, 3.63) is 54.2 Å². The van der Waals surface area contributed by atoms with E-state index in [0.29, 0.717) is 5.69 Å². The minimum absolute atomic E-state index is 0.0505. The van der Waals surface area contributed by atoms with Crippen molar-refractivity contribution >= 4 is 0 Å². The van der Waals surface area contributed by atoms with Crippen LogP contribution in [0.3, 0.4) is 0 Å². The fraction of sp³-hybridized carbons (Fsp3) is 0.250. The molecule has 3 aromatic rings. The largest absolute Gasteiger partial charge is 0.487 e. The fourth-order valence-electron chi connectivity index (χ4n) is 2.25. The van der Waals surface area contributed by atoms with Crippen LogP contribution < -0.4 is 14.2 Å². The summed E-state index contributed by atoms with van der Waals surface area (Å²) in [6, 6.07) is 9.58. The van der Waals surface area contributed by atoms with Crippen LogP contribution in [0, 0.1) is 0 Å². The number of nitrogens with zero attached hydrogens (tertiary/aromatic N) is 3. The zero-order valence-corrected chi connectivity index (χ0v) is 16.3. The SMILES string of the molecule is CC.COc1nc(-c2ccccn2)nc(Oc2cccc(C(F)(F)F)c2)c1OC. The zero-order chi connectivity index (χ0) is 21.4. The van der Waals surface area contributed by atoms with Gasteiger partial charge in [0.2, 0.25) is 5.75 Å². The van der Waals surface area contributed by atoms with E-state index in [1.807, 2.05) is 13.8 Å². The first-order valence-corrected chi connectivity index (χ1v) is 8.69. The van der Waals surface area contributed by atoms with Gasteiger partial charge in [-0.3, -0.25) is 4.98 Å². The Labute approximate surface area is 166 Å². The molecule has 0 radical (unpaired) electrons. The highest BCUT2D eigenvalue weighted by atomic mass is 19.4. The van der Waals surface area contributed by atoms with Crippen LogP contribution in [0.25, 0.3) is 11.5 Å². The minimum Gasteiger partial charge on any atom is -0.487 e. The molecule has 0 atom stereocenters. The van der Waals surface area contributed by atoms with Crippen molar-refractivity contribution in [2.45, 2.75) is 20.0 Å². The van der Waals surface area contributed by atoms with Crippen molar-refractivity contribution in [2.75, 3.05) is 14.2 Å². The van der Waals surface area contributed by atoms with Gasteiger partial charge < -0.3 is 14.2 Å². The molecule has 0 amide bonds. The van der Waals surface area contributed by atoms with Gasteiger partial charge in [0.15, 0.2) is 5.82 Å². The first-order valence-electron chi connectivity index (χ1n) is 8.69. The molecule has 1 aromatic carbocycles. The first kappa shape index (κ1) is 21.9. The van der Waals surface area contributed by atoms with Gasteiger partial charge in [0.05, 0.1) is 19.8 Å². The number of rotatable bonds is 5. The van der Waals surface area contributed by atoms with E-state index in [2.05, 4.69) is 15.0 Å². The molecule has 3 rings (SSSR count). The van der Waals surface area contributed by atoms with Gasteiger partial charge in [-0.05, 0) is 30.3 Å². The Kier molecular flexibility index (Phi) is 7.35. The number of alkyl halides is 3. The Morgan fingerprint density at radius 1 is 0.862 bits per heavy atom. The van der Waals surface area contributed by atoms with Crippen molar-refractivity contribution in [1.29, 1.82) is 0 Å². The summed E-state index contributed by atoms with van der Waals surface area (Å²) in [5.41, 5.74) is -0.405. The summed E-state index contributed by atoms with van der Waals surface area (Å²) < 4.78 is 54.7. The second kappa shape index (κ2) is 9.72. The molecule has 2 aromatic heterocycles. The van der Waals surface area contributed by atoms with E-state index < -0.39 is 11.7 Å². The van der Waals surface area contributed by atoms with Crippen LogP contribution in [0.2, 0.25) is 0 Å². The molecule has 154 valence electrons. The molecule has 2 heterocycles. The maximum absolute atomic E-state index is 12.9. The highest BCUT2D eigenvalue weighted by molar-refractivity contribution is 5.55. The molecule has 6 nitrogen and oxygen atoms in total. The van der Waals surface area contributed by atoms with E-state index in [9.17, 15) is 13.2 Å². The summed E-state index contributed by atoms with van der Waals surface area (Å²) >= 11 is 0. The number of hydrogen-bond donors (Lipinski definition) is 0. The Bertz CT molecular complexity index is 935. The summed E-state index contributed by atoms with van der Waals surface area (Å²) in [5.74, 6) is 0.139. The van der Waals surface area contributed by atoms with E-state index in [1.54, 1.807) is 24.4 Å². The van der Waals surface area contributed by atoms with E-state index in [-0.39, 0.29) is 29.1 Å². The van der Waals surface area contributed by atoms with Gasteiger partial charge in [0, 0.05) is 6.20 Å². The van der Waals surface area contributed by atoms with Gasteiger partial charge in [0.1, 0.15) is 11.4 Å². The smallest absolute Gasteiger partial charge is 0.416 e. The Hall–Kier alpha value is -3.36. The minimum atomic E-state index is -4.49. The molecular formula is C20H20F3N3O3. The van der Waals surface area contributed by atoms with E-state index in [4.69, 9.17) is 14.2 Å². The van der Waals surface area contributed by atoms with Gasteiger partial charge >= 0.3 is 6.18 Å². The lowest BCUT2D eigenvalue weighted by Crippen LogP contribution is -2.05. The molecule has 0 bridgehead atoms. The van der Waals surface area contributed by atoms with Crippen LogP contribution in [0.15, 0.2) is 48.7 Å². The number of hydrogen-bond acceptors (Lipinski definition) is 6. The molecule has 0 N–H and O–H groups in total. The molecule has 0 aliphatic heterocycles. The number of benzene rings is 1. The standard InChI is InChI=1S/C18H14F3N3O3.C2H6/c1-25-14-16(26-2)23-15(13-8-3-4-9-22-13)24-17(14)27-12-7-5-6-11(10-12)18(19,20)21;1-2/h3-10H,1-2H3;1-2H3. The number of halogens is 3. The van der Waals surface area contributed by atoms with E-state index in [1.165, 1.54) is 26.4 Å². The van der Waals surface area contributed by atoms with Crippen molar-refractivity contribution in [1.82, 2.24) is 15.0 Å². The number of ether oxygens (including phenoxy) is 3. The van der Waals surface area contributed by atoms with Crippen LogP contribution in [0.5, 0.6) is 23.3 Å². The summed E-state index contributed by atoms with van der Waals surface area (Å²) in [4.78, 5) is 12.6. The Balaban J connectivity index is 0.00000145. The average Bonchev–Trinajstić information content (AvgIpc) is 2.75. The molecule has 0 spiro atoms. The normalized spacial score (nSPS) is 10.6. The highest BCUT2D eigenvalue weighted by Gasteiger charge is 2.31. The lowest BCUT2D eigenvalue weighted by atomic mass is 10.2. The van der Waals surface area contributed by atoms with Crippen molar-refractivity contribution in [3.63, 3.8) is 0 Å². The first-order chi connectivity index (χ1) is 13.9. The summed E-state index contributed by atoms with van der Waals surface area (Å²) in [6.45, 7) is 4.00. The molecule has 0 fully saturated rings. The summed E-state index contributed by atoms with van der Waals surface area (Å²) in [5, 5.41) is 0. The van der Waals surface area contributed by atoms with Crippen molar-refractivity contribution < 1.29 is 27.4 Å². The monoisotopic (exact) mass is 407 g/mol. The molecule has 0 saturated carbocycles.